The van der Waals surface area contributed by atoms with Gasteiger partial charge in [0.1, 0.15) is 4.47 Å². The van der Waals surface area contributed by atoms with Gasteiger partial charge in [-0.2, -0.15) is 5.10 Å². The van der Waals surface area contributed by atoms with Gasteiger partial charge in [0, 0.05) is 12.7 Å². The zero-order valence-electron chi connectivity index (χ0n) is 10.4. The molecule has 96 valence electrons. The largest absolute Gasteiger partial charge is 0.292 e. The number of hydrogen-bond acceptors (Lipinski definition) is 3. The molecule has 0 spiro atoms. The summed E-state index contributed by atoms with van der Waals surface area (Å²) in [5.74, 6) is 0. The molecule has 2 heterocycles. The van der Waals surface area contributed by atoms with E-state index in [0.717, 1.165) is 24.4 Å². The molecule has 0 saturated carbocycles. The molecule has 0 aromatic carbocycles. The van der Waals surface area contributed by atoms with E-state index >= 15 is 0 Å². The van der Waals surface area contributed by atoms with Gasteiger partial charge in [-0.05, 0) is 35.3 Å². The molecule has 0 aliphatic heterocycles. The normalized spacial score (nSPS) is 10.8. The number of aryl methyl sites for hydroxylation is 2. The molecule has 0 unspecified atom stereocenters. The van der Waals surface area contributed by atoms with Crippen LogP contribution in [0.3, 0.4) is 0 Å². The zero-order chi connectivity index (χ0) is 13.1. The predicted molar refractivity (Wildman–Crippen MR) is 72.6 cm³/mol. The SMILES string of the molecule is CCc1cc(Cn2cncc(Br)c2=O)n(CC)n1. The number of rotatable bonds is 4. The van der Waals surface area contributed by atoms with Crippen molar-refractivity contribution in [1.82, 2.24) is 19.3 Å². The van der Waals surface area contributed by atoms with Crippen LogP contribution in [0.25, 0.3) is 0 Å². The third-order valence-corrected chi connectivity index (χ3v) is 3.31. The first kappa shape index (κ1) is 13.0. The van der Waals surface area contributed by atoms with E-state index in [-0.39, 0.29) is 5.56 Å². The van der Waals surface area contributed by atoms with Gasteiger partial charge in [0.05, 0.1) is 24.3 Å². The Bertz CT molecular complexity index is 602. The minimum Gasteiger partial charge on any atom is -0.292 e. The number of hydrogen-bond donors (Lipinski definition) is 0. The van der Waals surface area contributed by atoms with Gasteiger partial charge in [0.25, 0.3) is 5.56 Å². The first-order valence-electron chi connectivity index (χ1n) is 5.91. The van der Waals surface area contributed by atoms with Gasteiger partial charge >= 0.3 is 0 Å². The van der Waals surface area contributed by atoms with Crippen molar-refractivity contribution in [2.45, 2.75) is 33.4 Å². The molecule has 0 bridgehead atoms. The number of aromatic nitrogens is 4. The predicted octanol–water partition coefficient (Wildman–Crippen LogP) is 1.83. The van der Waals surface area contributed by atoms with Crippen LogP contribution in [0.2, 0.25) is 0 Å². The molecule has 18 heavy (non-hydrogen) atoms. The quantitative estimate of drug-likeness (QED) is 0.865. The summed E-state index contributed by atoms with van der Waals surface area (Å²) in [4.78, 5) is 15.9. The average Bonchev–Trinajstić information content (AvgIpc) is 2.77. The maximum Gasteiger partial charge on any atom is 0.267 e. The van der Waals surface area contributed by atoms with Gasteiger partial charge in [-0.25, -0.2) is 4.98 Å². The molecule has 0 radical (unpaired) electrons. The lowest BCUT2D eigenvalue weighted by Gasteiger charge is -2.06. The van der Waals surface area contributed by atoms with E-state index in [2.05, 4.69) is 32.9 Å². The van der Waals surface area contributed by atoms with Crippen LogP contribution in [0.5, 0.6) is 0 Å². The molecule has 0 fully saturated rings. The standard InChI is InChI=1S/C12H15BrN4O/c1-3-9-5-10(17(4-2)15-9)7-16-8-14-6-11(13)12(16)18/h5-6,8H,3-4,7H2,1-2H3. The molecule has 0 atom stereocenters. The second kappa shape index (κ2) is 5.48. The first-order chi connectivity index (χ1) is 8.65. The summed E-state index contributed by atoms with van der Waals surface area (Å²) in [5, 5.41) is 4.46. The molecule has 2 aromatic rings. The highest BCUT2D eigenvalue weighted by atomic mass is 79.9. The second-order valence-corrected chi connectivity index (χ2v) is 4.83. The Morgan fingerprint density at radius 3 is 2.83 bits per heavy atom. The fourth-order valence-electron chi connectivity index (χ4n) is 1.80. The van der Waals surface area contributed by atoms with E-state index in [1.54, 1.807) is 10.9 Å². The van der Waals surface area contributed by atoms with Crippen LogP contribution in [-0.2, 0) is 19.5 Å². The highest BCUT2D eigenvalue weighted by molar-refractivity contribution is 9.10. The third-order valence-electron chi connectivity index (χ3n) is 2.77. The van der Waals surface area contributed by atoms with Crippen molar-refractivity contribution in [3.8, 4) is 0 Å². The Morgan fingerprint density at radius 2 is 2.17 bits per heavy atom. The van der Waals surface area contributed by atoms with E-state index in [1.807, 2.05) is 17.7 Å². The third kappa shape index (κ3) is 2.53. The van der Waals surface area contributed by atoms with Gasteiger partial charge < -0.3 is 0 Å². The van der Waals surface area contributed by atoms with Crippen molar-refractivity contribution < 1.29 is 0 Å². The smallest absolute Gasteiger partial charge is 0.267 e. The maximum absolute atomic E-state index is 11.9. The molecule has 2 rings (SSSR count). The Balaban J connectivity index is 2.36. The van der Waals surface area contributed by atoms with Crippen molar-refractivity contribution in [3.63, 3.8) is 0 Å². The lowest BCUT2D eigenvalue weighted by molar-refractivity contribution is 0.585. The van der Waals surface area contributed by atoms with Gasteiger partial charge in [-0.1, -0.05) is 6.92 Å². The molecule has 5 nitrogen and oxygen atoms in total. The monoisotopic (exact) mass is 310 g/mol. The summed E-state index contributed by atoms with van der Waals surface area (Å²) in [7, 11) is 0. The van der Waals surface area contributed by atoms with E-state index in [0.29, 0.717) is 11.0 Å². The summed E-state index contributed by atoms with van der Waals surface area (Å²) in [6.45, 7) is 5.40. The minimum atomic E-state index is -0.0769. The minimum absolute atomic E-state index is 0.0769. The summed E-state index contributed by atoms with van der Waals surface area (Å²) >= 11 is 3.20. The van der Waals surface area contributed by atoms with Crippen LogP contribution in [0.15, 0.2) is 27.9 Å². The van der Waals surface area contributed by atoms with Crippen molar-refractivity contribution in [1.29, 1.82) is 0 Å². The highest BCUT2D eigenvalue weighted by Crippen LogP contribution is 2.07. The molecular weight excluding hydrogens is 296 g/mol. The fourth-order valence-corrected chi connectivity index (χ4v) is 2.15. The lowest BCUT2D eigenvalue weighted by Crippen LogP contribution is -2.22. The first-order valence-corrected chi connectivity index (χ1v) is 6.70. The van der Waals surface area contributed by atoms with Crippen molar-refractivity contribution in [2.24, 2.45) is 0 Å². The Labute approximate surface area is 114 Å². The Morgan fingerprint density at radius 1 is 1.39 bits per heavy atom. The summed E-state index contributed by atoms with van der Waals surface area (Å²) < 4.78 is 3.97. The molecule has 0 aliphatic rings. The van der Waals surface area contributed by atoms with Crippen LogP contribution in [-0.4, -0.2) is 19.3 Å². The van der Waals surface area contributed by atoms with E-state index in [4.69, 9.17) is 0 Å². The molecule has 0 aliphatic carbocycles. The molecule has 0 amide bonds. The molecule has 0 N–H and O–H groups in total. The second-order valence-electron chi connectivity index (χ2n) is 3.97. The van der Waals surface area contributed by atoms with Crippen molar-refractivity contribution >= 4 is 15.9 Å². The van der Waals surface area contributed by atoms with E-state index in [1.165, 1.54) is 6.20 Å². The molecule has 2 aromatic heterocycles. The maximum atomic E-state index is 11.9. The van der Waals surface area contributed by atoms with E-state index < -0.39 is 0 Å². The number of nitrogens with zero attached hydrogens (tertiary/aromatic N) is 4. The fraction of sp³-hybridized carbons (Fsp3) is 0.417. The Kier molecular flexibility index (Phi) is 3.96. The highest BCUT2D eigenvalue weighted by Gasteiger charge is 2.08. The summed E-state index contributed by atoms with van der Waals surface area (Å²) in [6.07, 6.45) is 3.95. The molecule has 6 heteroatoms. The molecule has 0 saturated heterocycles. The topological polar surface area (TPSA) is 52.7 Å². The lowest BCUT2D eigenvalue weighted by atomic mass is 10.3. The van der Waals surface area contributed by atoms with Crippen molar-refractivity contribution in [2.75, 3.05) is 0 Å². The number of halogens is 1. The van der Waals surface area contributed by atoms with Crippen molar-refractivity contribution in [3.05, 3.63) is 44.8 Å². The van der Waals surface area contributed by atoms with Gasteiger partial charge in [0.15, 0.2) is 0 Å². The van der Waals surface area contributed by atoms with Crippen LogP contribution < -0.4 is 5.56 Å². The van der Waals surface area contributed by atoms with Gasteiger partial charge in [0.2, 0.25) is 0 Å². The summed E-state index contributed by atoms with van der Waals surface area (Å²) in [5.41, 5.74) is 1.99. The Hall–Kier alpha value is -1.43. The van der Waals surface area contributed by atoms with E-state index in [9.17, 15) is 4.79 Å². The van der Waals surface area contributed by atoms with Crippen LogP contribution in [0, 0.1) is 0 Å². The average molecular weight is 311 g/mol. The zero-order valence-corrected chi connectivity index (χ0v) is 12.0. The van der Waals surface area contributed by atoms with Gasteiger partial charge in [-0.15, -0.1) is 0 Å². The summed E-state index contributed by atoms with van der Waals surface area (Å²) in [6, 6.07) is 2.04. The van der Waals surface area contributed by atoms with Gasteiger partial charge in [-0.3, -0.25) is 14.0 Å². The van der Waals surface area contributed by atoms with Crippen LogP contribution in [0.4, 0.5) is 0 Å². The van der Waals surface area contributed by atoms with Crippen LogP contribution >= 0.6 is 15.9 Å². The molecular formula is C12H15BrN4O. The van der Waals surface area contributed by atoms with Crippen LogP contribution in [0.1, 0.15) is 25.2 Å².